The third-order valence-corrected chi connectivity index (χ3v) is 5.87. The Labute approximate surface area is 129 Å². The number of nitrogens with zero attached hydrogens (tertiary/aromatic N) is 3. The molecule has 2 unspecified atom stereocenters. The summed E-state index contributed by atoms with van der Waals surface area (Å²) in [5, 5.41) is 0. The maximum absolute atomic E-state index is 6.23. The van der Waals surface area contributed by atoms with E-state index >= 15 is 0 Å². The predicted octanol–water partition coefficient (Wildman–Crippen LogP) is 0.205. The summed E-state index contributed by atoms with van der Waals surface area (Å²) in [5.41, 5.74) is 6.46. The van der Waals surface area contributed by atoms with Crippen LogP contribution in [0.4, 0.5) is 0 Å². The van der Waals surface area contributed by atoms with Crippen molar-refractivity contribution in [2.45, 2.75) is 44.3 Å². The summed E-state index contributed by atoms with van der Waals surface area (Å²) in [5.74, 6) is 0. The molecule has 2 N–H and O–H groups in total. The molecule has 0 spiro atoms. The molecule has 5 heteroatoms. The first-order chi connectivity index (χ1) is 10.1. The van der Waals surface area contributed by atoms with Gasteiger partial charge in [-0.1, -0.05) is 0 Å². The van der Waals surface area contributed by atoms with Crippen LogP contribution in [-0.4, -0.2) is 91.3 Å². The summed E-state index contributed by atoms with van der Waals surface area (Å²) in [6, 6.07) is 1.35. The van der Waals surface area contributed by atoms with E-state index < -0.39 is 0 Å². The molecular formula is C16H32N4O. The molecule has 3 rings (SSSR count). The summed E-state index contributed by atoms with van der Waals surface area (Å²) in [4.78, 5) is 7.92. The van der Waals surface area contributed by atoms with Crippen LogP contribution in [0.1, 0.15) is 26.7 Å². The second-order valence-corrected chi connectivity index (χ2v) is 7.28. The van der Waals surface area contributed by atoms with Crippen molar-refractivity contribution in [3.8, 4) is 0 Å². The lowest BCUT2D eigenvalue weighted by Gasteiger charge is -2.39. The van der Waals surface area contributed by atoms with Gasteiger partial charge in [0.05, 0.1) is 13.2 Å². The van der Waals surface area contributed by atoms with E-state index in [2.05, 4.69) is 28.5 Å². The average Bonchev–Trinajstić information content (AvgIpc) is 3.16. The van der Waals surface area contributed by atoms with E-state index in [0.29, 0.717) is 12.1 Å². The van der Waals surface area contributed by atoms with Crippen molar-refractivity contribution in [1.82, 2.24) is 14.7 Å². The smallest absolute Gasteiger partial charge is 0.0594 e. The lowest BCUT2D eigenvalue weighted by atomic mass is 9.96. The molecule has 21 heavy (non-hydrogen) atoms. The van der Waals surface area contributed by atoms with Crippen LogP contribution in [0.5, 0.6) is 0 Å². The van der Waals surface area contributed by atoms with Crippen molar-refractivity contribution in [3.63, 3.8) is 0 Å². The van der Waals surface area contributed by atoms with Gasteiger partial charge in [0.2, 0.25) is 0 Å². The van der Waals surface area contributed by atoms with Gasteiger partial charge in [-0.3, -0.25) is 14.7 Å². The van der Waals surface area contributed by atoms with Crippen molar-refractivity contribution in [2.75, 3.05) is 59.0 Å². The highest BCUT2D eigenvalue weighted by molar-refractivity contribution is 5.04. The first-order valence-corrected chi connectivity index (χ1v) is 8.65. The number of hydrogen-bond donors (Lipinski definition) is 1. The summed E-state index contributed by atoms with van der Waals surface area (Å²) in [6.45, 7) is 14.2. The first kappa shape index (κ1) is 15.7. The molecule has 0 amide bonds. The van der Waals surface area contributed by atoms with E-state index in [0.717, 1.165) is 39.4 Å². The zero-order chi connectivity index (χ0) is 14.9. The van der Waals surface area contributed by atoms with Gasteiger partial charge in [0.15, 0.2) is 0 Å². The standard InChI is InChI=1S/C16H32N4O/c1-14(2)19-6-4-16(12-17,13-19)20-5-3-15(11-20)18-7-9-21-10-8-18/h14-15H,3-13,17H2,1-2H3. The van der Waals surface area contributed by atoms with Crippen LogP contribution in [0.15, 0.2) is 0 Å². The Morgan fingerprint density at radius 3 is 2.57 bits per heavy atom. The van der Waals surface area contributed by atoms with Gasteiger partial charge in [0, 0.05) is 63.4 Å². The molecule has 3 saturated heterocycles. The number of morpholine rings is 1. The van der Waals surface area contributed by atoms with E-state index in [1.807, 2.05) is 0 Å². The third kappa shape index (κ3) is 3.13. The molecule has 5 nitrogen and oxygen atoms in total. The number of rotatable bonds is 4. The summed E-state index contributed by atoms with van der Waals surface area (Å²) in [6.07, 6.45) is 2.53. The fourth-order valence-electron chi connectivity index (χ4n) is 4.30. The molecule has 3 fully saturated rings. The summed E-state index contributed by atoms with van der Waals surface area (Å²) < 4.78 is 5.49. The molecule has 2 atom stereocenters. The zero-order valence-corrected chi connectivity index (χ0v) is 13.8. The number of nitrogens with two attached hydrogens (primary N) is 1. The molecule has 0 aliphatic carbocycles. The van der Waals surface area contributed by atoms with E-state index in [9.17, 15) is 0 Å². The van der Waals surface area contributed by atoms with Gasteiger partial charge in [-0.2, -0.15) is 0 Å². The highest BCUT2D eigenvalue weighted by Gasteiger charge is 2.45. The van der Waals surface area contributed by atoms with Crippen LogP contribution >= 0.6 is 0 Å². The van der Waals surface area contributed by atoms with Gasteiger partial charge in [-0.25, -0.2) is 0 Å². The average molecular weight is 296 g/mol. The van der Waals surface area contributed by atoms with E-state index in [4.69, 9.17) is 10.5 Å². The Morgan fingerprint density at radius 1 is 1.19 bits per heavy atom. The lowest BCUT2D eigenvalue weighted by molar-refractivity contribution is 0.0149. The highest BCUT2D eigenvalue weighted by Crippen LogP contribution is 2.32. The fraction of sp³-hybridized carbons (Fsp3) is 1.00. The zero-order valence-electron chi connectivity index (χ0n) is 13.8. The van der Waals surface area contributed by atoms with Crippen molar-refractivity contribution in [1.29, 1.82) is 0 Å². The Bertz CT molecular complexity index is 345. The van der Waals surface area contributed by atoms with Gasteiger partial charge >= 0.3 is 0 Å². The monoisotopic (exact) mass is 296 g/mol. The Kier molecular flexibility index (Phi) is 4.86. The maximum atomic E-state index is 6.23. The topological polar surface area (TPSA) is 45.0 Å². The Balaban J connectivity index is 1.61. The minimum atomic E-state index is 0.227. The largest absolute Gasteiger partial charge is 0.379 e. The molecule has 3 heterocycles. The van der Waals surface area contributed by atoms with Gasteiger partial charge in [-0.15, -0.1) is 0 Å². The van der Waals surface area contributed by atoms with Crippen LogP contribution < -0.4 is 5.73 Å². The van der Waals surface area contributed by atoms with Crippen LogP contribution in [0.25, 0.3) is 0 Å². The maximum Gasteiger partial charge on any atom is 0.0594 e. The van der Waals surface area contributed by atoms with Gasteiger partial charge in [0.1, 0.15) is 0 Å². The minimum absolute atomic E-state index is 0.227. The molecule has 0 aromatic heterocycles. The van der Waals surface area contributed by atoms with Gasteiger partial charge in [-0.05, 0) is 26.7 Å². The molecule has 0 aromatic rings. The van der Waals surface area contributed by atoms with Gasteiger partial charge < -0.3 is 10.5 Å². The highest BCUT2D eigenvalue weighted by atomic mass is 16.5. The van der Waals surface area contributed by atoms with Crippen LogP contribution in [-0.2, 0) is 4.74 Å². The van der Waals surface area contributed by atoms with E-state index in [1.165, 1.54) is 32.5 Å². The fourth-order valence-corrected chi connectivity index (χ4v) is 4.30. The second-order valence-electron chi connectivity index (χ2n) is 7.28. The van der Waals surface area contributed by atoms with Gasteiger partial charge in [0.25, 0.3) is 0 Å². The number of hydrogen-bond acceptors (Lipinski definition) is 5. The van der Waals surface area contributed by atoms with Crippen molar-refractivity contribution in [2.24, 2.45) is 5.73 Å². The number of likely N-dealkylation sites (tertiary alicyclic amines) is 2. The molecule has 122 valence electrons. The van der Waals surface area contributed by atoms with Crippen LogP contribution in [0.2, 0.25) is 0 Å². The Morgan fingerprint density at radius 2 is 1.95 bits per heavy atom. The molecule has 0 aromatic carbocycles. The van der Waals surface area contributed by atoms with E-state index in [-0.39, 0.29) is 5.54 Å². The minimum Gasteiger partial charge on any atom is -0.379 e. The third-order valence-electron chi connectivity index (χ3n) is 5.87. The molecule has 0 saturated carbocycles. The summed E-state index contributed by atoms with van der Waals surface area (Å²) in [7, 11) is 0. The molecular weight excluding hydrogens is 264 g/mol. The molecule has 3 aliphatic rings. The van der Waals surface area contributed by atoms with Crippen molar-refractivity contribution < 1.29 is 4.74 Å². The Hall–Kier alpha value is -0.200. The molecule has 0 bridgehead atoms. The first-order valence-electron chi connectivity index (χ1n) is 8.65. The predicted molar refractivity (Wildman–Crippen MR) is 85.5 cm³/mol. The van der Waals surface area contributed by atoms with Crippen molar-refractivity contribution in [3.05, 3.63) is 0 Å². The summed E-state index contributed by atoms with van der Waals surface area (Å²) >= 11 is 0. The molecule has 3 aliphatic heterocycles. The normalized spacial score (nSPS) is 36.9. The quantitative estimate of drug-likeness (QED) is 0.803. The lowest BCUT2D eigenvalue weighted by Crippen LogP contribution is -2.56. The molecule has 0 radical (unpaired) electrons. The van der Waals surface area contributed by atoms with Crippen LogP contribution in [0.3, 0.4) is 0 Å². The number of ether oxygens (including phenoxy) is 1. The van der Waals surface area contributed by atoms with Crippen LogP contribution in [0, 0.1) is 0 Å². The SMILES string of the molecule is CC(C)N1CCC(CN)(N2CCC(N3CCOCC3)C2)C1. The second kappa shape index (κ2) is 6.50. The van der Waals surface area contributed by atoms with E-state index in [1.54, 1.807) is 0 Å². The van der Waals surface area contributed by atoms with Crippen molar-refractivity contribution >= 4 is 0 Å².